The number of amides is 2. The van der Waals surface area contributed by atoms with Gasteiger partial charge in [0.2, 0.25) is 11.8 Å². The molecule has 7 nitrogen and oxygen atoms in total. The third-order valence-electron chi connectivity index (χ3n) is 8.92. The number of hydrogen-bond acceptors (Lipinski definition) is 5. The zero-order valence-corrected chi connectivity index (χ0v) is 21.6. The Kier molecular flexibility index (Phi) is 8.97. The largest absolute Gasteiger partial charge is 0.522 e. The lowest BCUT2D eigenvalue weighted by Gasteiger charge is -2.55. The van der Waals surface area contributed by atoms with Gasteiger partial charge in [-0.15, -0.1) is 24.8 Å². The molecular formula is C25H37ClF4N2O5. The maximum Gasteiger partial charge on any atom is 0.522 e. The molecule has 5 aliphatic rings. The number of aliphatic hydroxyl groups is 1. The molecule has 3 N–H and O–H groups in total. The first-order valence-corrected chi connectivity index (χ1v) is 13.7. The minimum atomic E-state index is -4.63. The minimum absolute atomic E-state index is 0.0725. The molecule has 0 aromatic carbocycles. The summed E-state index contributed by atoms with van der Waals surface area (Å²) >= 11 is 5.90. The van der Waals surface area contributed by atoms with E-state index in [1.165, 1.54) is 0 Å². The molecule has 4 atom stereocenters. The predicted molar refractivity (Wildman–Crippen MR) is 126 cm³/mol. The van der Waals surface area contributed by atoms with Crippen LogP contribution in [0.25, 0.3) is 0 Å². The van der Waals surface area contributed by atoms with Crippen molar-refractivity contribution in [3.05, 3.63) is 0 Å². The standard InChI is InChI=1S/C25H37ClF4N2O5/c26-18-6-5-17(11-19(18)27)36-14-21(34)32-23-7-9-24(10-8-23,20(33)12-23)22(35)31-13-15-1-3-16(4-2-15)37-25(28,29)30/h15-20,33H,1-14H2,(H,31,35)(H,32,34). The average molecular weight is 557 g/mol. The summed E-state index contributed by atoms with van der Waals surface area (Å²) in [6, 6.07) is 0. The highest BCUT2D eigenvalue weighted by atomic mass is 35.5. The second kappa shape index (κ2) is 11.5. The molecule has 2 bridgehead atoms. The van der Waals surface area contributed by atoms with Gasteiger partial charge in [0, 0.05) is 18.5 Å². The molecule has 37 heavy (non-hydrogen) atoms. The number of hydrogen-bond donors (Lipinski definition) is 3. The van der Waals surface area contributed by atoms with Crippen molar-refractivity contribution in [2.24, 2.45) is 11.3 Å². The average Bonchev–Trinajstić information content (AvgIpc) is 2.83. The minimum Gasteiger partial charge on any atom is -0.392 e. The van der Waals surface area contributed by atoms with E-state index >= 15 is 0 Å². The third kappa shape index (κ3) is 7.08. The molecule has 0 radical (unpaired) electrons. The fourth-order valence-corrected chi connectivity index (χ4v) is 6.84. The zero-order chi connectivity index (χ0) is 26.8. The Labute approximate surface area is 219 Å². The van der Waals surface area contributed by atoms with Crippen molar-refractivity contribution in [3.8, 4) is 0 Å². The Morgan fingerprint density at radius 1 is 1.00 bits per heavy atom. The molecular weight excluding hydrogens is 520 g/mol. The smallest absolute Gasteiger partial charge is 0.392 e. The van der Waals surface area contributed by atoms with Crippen LogP contribution in [-0.4, -0.2) is 71.8 Å². The number of nitrogens with one attached hydrogen (secondary N) is 2. The number of ether oxygens (including phenoxy) is 2. The summed E-state index contributed by atoms with van der Waals surface area (Å²) in [4.78, 5) is 25.7. The van der Waals surface area contributed by atoms with Crippen molar-refractivity contribution in [1.29, 1.82) is 0 Å². The monoisotopic (exact) mass is 556 g/mol. The fourth-order valence-electron chi connectivity index (χ4n) is 6.61. The van der Waals surface area contributed by atoms with E-state index in [9.17, 15) is 32.3 Å². The quantitative estimate of drug-likeness (QED) is 0.311. The van der Waals surface area contributed by atoms with Crippen LogP contribution >= 0.6 is 11.6 Å². The van der Waals surface area contributed by atoms with Crippen LogP contribution in [0.3, 0.4) is 0 Å². The topological polar surface area (TPSA) is 96.9 Å². The van der Waals surface area contributed by atoms with E-state index in [-0.39, 0.29) is 43.3 Å². The van der Waals surface area contributed by atoms with Gasteiger partial charge in [-0.05, 0) is 76.5 Å². The van der Waals surface area contributed by atoms with E-state index in [2.05, 4.69) is 15.4 Å². The van der Waals surface area contributed by atoms with Crippen LogP contribution in [0.5, 0.6) is 0 Å². The SMILES string of the molecule is O=C(COC1CCC(Cl)C(F)C1)NC12CCC(C(=O)NCC3CCC(OC(F)(F)F)CC3)(CC1)C(O)C2. The summed E-state index contributed by atoms with van der Waals surface area (Å²) < 4.78 is 60.8. The predicted octanol–water partition coefficient (Wildman–Crippen LogP) is 3.89. The van der Waals surface area contributed by atoms with E-state index in [0.717, 1.165) is 0 Å². The normalized spacial score (nSPS) is 40.3. The van der Waals surface area contributed by atoms with Crippen LogP contribution in [0.1, 0.15) is 77.0 Å². The summed E-state index contributed by atoms with van der Waals surface area (Å²) in [5.74, 6) is -0.477. The molecule has 5 aliphatic carbocycles. The van der Waals surface area contributed by atoms with Gasteiger partial charge in [0.05, 0.1) is 29.1 Å². The Bertz CT molecular complexity index is 815. The van der Waals surface area contributed by atoms with E-state index in [4.69, 9.17) is 16.3 Å². The van der Waals surface area contributed by atoms with Crippen LogP contribution in [0.2, 0.25) is 0 Å². The van der Waals surface area contributed by atoms with Gasteiger partial charge in [0.1, 0.15) is 12.8 Å². The Balaban J connectivity index is 1.20. The molecule has 0 heterocycles. The second-order valence-corrected chi connectivity index (χ2v) is 12.0. The number of alkyl halides is 5. The first-order valence-electron chi connectivity index (χ1n) is 13.3. The van der Waals surface area contributed by atoms with Gasteiger partial charge >= 0.3 is 6.36 Å². The van der Waals surface area contributed by atoms with Crippen LogP contribution in [0.4, 0.5) is 17.6 Å². The highest BCUT2D eigenvalue weighted by molar-refractivity contribution is 6.21. The van der Waals surface area contributed by atoms with E-state index in [1.807, 2.05) is 0 Å². The van der Waals surface area contributed by atoms with E-state index < -0.39 is 41.1 Å². The summed E-state index contributed by atoms with van der Waals surface area (Å²) in [6.07, 6.45) is -2.73. The molecule has 0 aromatic rings. The molecule has 0 aliphatic heterocycles. The molecule has 5 rings (SSSR count). The Morgan fingerprint density at radius 2 is 1.65 bits per heavy atom. The molecule has 5 fully saturated rings. The number of fused-ring (bicyclic) bond motifs is 3. The molecule has 0 spiro atoms. The number of carbonyl (C=O) groups is 2. The maximum absolute atomic E-state index is 13.8. The molecule has 2 amide bonds. The molecule has 212 valence electrons. The first-order chi connectivity index (χ1) is 17.4. The number of halogens is 5. The lowest BCUT2D eigenvalue weighted by molar-refractivity contribution is -0.345. The summed E-state index contributed by atoms with van der Waals surface area (Å²) in [5, 5.41) is 16.4. The maximum atomic E-state index is 13.8. The van der Waals surface area contributed by atoms with Gasteiger partial charge in [-0.25, -0.2) is 4.39 Å². The van der Waals surface area contributed by atoms with Gasteiger partial charge in [0.15, 0.2) is 0 Å². The fraction of sp³-hybridized carbons (Fsp3) is 0.920. The summed E-state index contributed by atoms with van der Waals surface area (Å²) in [5.41, 5.74) is -1.52. The van der Waals surface area contributed by atoms with Gasteiger partial charge in [-0.3, -0.25) is 14.3 Å². The summed E-state index contributed by atoms with van der Waals surface area (Å²) in [7, 11) is 0. The molecule has 4 unspecified atom stereocenters. The first kappa shape index (κ1) is 28.8. The van der Waals surface area contributed by atoms with Gasteiger partial charge in [-0.1, -0.05) is 0 Å². The highest BCUT2D eigenvalue weighted by Gasteiger charge is 2.58. The van der Waals surface area contributed by atoms with Gasteiger partial charge in [0.25, 0.3) is 0 Å². The van der Waals surface area contributed by atoms with Crippen LogP contribution in [0, 0.1) is 11.3 Å². The highest BCUT2D eigenvalue weighted by Crippen LogP contribution is 2.52. The lowest BCUT2D eigenvalue weighted by atomic mass is 9.55. The van der Waals surface area contributed by atoms with Crippen molar-refractivity contribution in [2.45, 2.75) is 119 Å². The van der Waals surface area contributed by atoms with Crippen molar-refractivity contribution in [2.75, 3.05) is 13.2 Å². The lowest BCUT2D eigenvalue weighted by Crippen LogP contribution is -2.65. The van der Waals surface area contributed by atoms with Crippen LogP contribution in [0.15, 0.2) is 0 Å². The molecule has 0 saturated heterocycles. The van der Waals surface area contributed by atoms with Crippen molar-refractivity contribution in [3.63, 3.8) is 0 Å². The van der Waals surface area contributed by atoms with Crippen LogP contribution < -0.4 is 10.6 Å². The molecule has 5 saturated carbocycles. The Morgan fingerprint density at radius 3 is 2.24 bits per heavy atom. The number of aliphatic hydroxyl groups excluding tert-OH is 1. The Hall–Kier alpha value is -1.17. The number of rotatable bonds is 8. The second-order valence-electron chi connectivity index (χ2n) is 11.4. The third-order valence-corrected chi connectivity index (χ3v) is 9.41. The van der Waals surface area contributed by atoms with Crippen molar-refractivity contribution < 1.29 is 41.7 Å². The molecule has 12 heteroatoms. The van der Waals surface area contributed by atoms with E-state index in [1.54, 1.807) is 0 Å². The summed E-state index contributed by atoms with van der Waals surface area (Å²) in [6.45, 7) is 0.167. The van der Waals surface area contributed by atoms with Crippen molar-refractivity contribution >= 4 is 23.4 Å². The van der Waals surface area contributed by atoms with E-state index in [0.29, 0.717) is 70.8 Å². The van der Waals surface area contributed by atoms with Crippen LogP contribution in [-0.2, 0) is 19.1 Å². The zero-order valence-electron chi connectivity index (χ0n) is 20.8. The van der Waals surface area contributed by atoms with Gasteiger partial charge in [-0.2, -0.15) is 0 Å². The van der Waals surface area contributed by atoms with Gasteiger partial charge < -0.3 is 20.5 Å². The number of carbonyl (C=O) groups excluding carboxylic acids is 2. The molecule has 0 aromatic heterocycles. The van der Waals surface area contributed by atoms with Crippen molar-refractivity contribution in [1.82, 2.24) is 10.6 Å².